The highest BCUT2D eigenvalue weighted by Crippen LogP contribution is 2.38. The summed E-state index contributed by atoms with van der Waals surface area (Å²) in [7, 11) is 0. The summed E-state index contributed by atoms with van der Waals surface area (Å²) in [4.78, 5) is 30.0. The second kappa shape index (κ2) is 9.27. The highest BCUT2D eigenvalue weighted by atomic mass is 16.6. The van der Waals surface area contributed by atoms with Gasteiger partial charge < -0.3 is 4.98 Å². The van der Waals surface area contributed by atoms with Crippen LogP contribution in [0, 0.1) is 17.0 Å². The molecule has 5 aromatic rings. The quantitative estimate of drug-likeness (QED) is 0.223. The number of aromatic nitrogens is 1. The van der Waals surface area contributed by atoms with Crippen molar-refractivity contribution in [2.45, 2.75) is 13.0 Å². The first-order valence-electron chi connectivity index (χ1n) is 11.3. The molecule has 0 saturated carbocycles. The topological polar surface area (TPSA) is 79.2 Å². The van der Waals surface area contributed by atoms with E-state index in [1.807, 2.05) is 92.0 Å². The monoisotopic (exact) mass is 461 g/mol. The summed E-state index contributed by atoms with van der Waals surface area (Å²) in [6.45, 7) is 1.97. The lowest BCUT2D eigenvalue weighted by atomic mass is 9.95. The summed E-state index contributed by atoms with van der Waals surface area (Å²) in [6, 6.07) is 30.9. The molecule has 4 aromatic carbocycles. The number of aromatic amines is 1. The van der Waals surface area contributed by atoms with Crippen molar-refractivity contribution in [3.8, 4) is 0 Å². The third kappa shape index (κ3) is 4.29. The average molecular weight is 462 g/mol. The molecule has 0 aliphatic heterocycles. The van der Waals surface area contributed by atoms with Crippen LogP contribution >= 0.6 is 0 Å². The standard InChI is InChI=1S/C29H23N3O3/c1-20-11-13-22(14-12-20)29(33)31(23-15-17-24(18-16-23)32(34)35)28(21-7-3-2-4-8-21)26-19-30-27-10-6-5-9-25(26)27/h2-19,28,30H,1H3. The molecule has 6 nitrogen and oxygen atoms in total. The number of nitrogens with one attached hydrogen (secondary N) is 1. The molecule has 1 atom stereocenters. The summed E-state index contributed by atoms with van der Waals surface area (Å²) >= 11 is 0. The Morgan fingerprint density at radius 3 is 2.20 bits per heavy atom. The molecule has 0 aliphatic rings. The lowest BCUT2D eigenvalue weighted by Gasteiger charge is -2.32. The molecule has 0 aliphatic carbocycles. The van der Waals surface area contributed by atoms with Gasteiger partial charge in [0.2, 0.25) is 0 Å². The normalized spacial score (nSPS) is 11.8. The van der Waals surface area contributed by atoms with E-state index in [9.17, 15) is 14.9 Å². The molecule has 0 saturated heterocycles. The molecule has 1 heterocycles. The number of non-ortho nitro benzene ring substituents is 1. The fraction of sp³-hybridized carbons (Fsp3) is 0.0690. The molecule has 1 N–H and O–H groups in total. The maximum atomic E-state index is 14.1. The lowest BCUT2D eigenvalue weighted by Crippen LogP contribution is -2.35. The first-order valence-corrected chi connectivity index (χ1v) is 11.3. The smallest absolute Gasteiger partial charge is 0.269 e. The van der Waals surface area contributed by atoms with E-state index in [2.05, 4.69) is 4.98 Å². The van der Waals surface area contributed by atoms with E-state index in [0.717, 1.165) is 27.6 Å². The number of H-pyrrole nitrogens is 1. The van der Waals surface area contributed by atoms with Crippen molar-refractivity contribution in [2.24, 2.45) is 0 Å². The molecule has 0 bridgehead atoms. The molecule has 0 spiro atoms. The third-order valence-corrected chi connectivity index (χ3v) is 6.15. The summed E-state index contributed by atoms with van der Waals surface area (Å²) in [5.41, 5.74) is 4.96. The zero-order valence-electron chi connectivity index (χ0n) is 19.1. The maximum Gasteiger partial charge on any atom is 0.269 e. The fourth-order valence-corrected chi connectivity index (χ4v) is 4.38. The van der Waals surface area contributed by atoms with Crippen LogP contribution in [0.3, 0.4) is 0 Å². The first kappa shape index (κ1) is 22.1. The average Bonchev–Trinajstić information content (AvgIpc) is 3.31. The Hall–Kier alpha value is -4.71. The summed E-state index contributed by atoms with van der Waals surface area (Å²) in [6.07, 6.45) is 1.93. The van der Waals surface area contributed by atoms with Gasteiger partial charge in [0.1, 0.15) is 0 Å². The highest BCUT2D eigenvalue weighted by Gasteiger charge is 2.31. The molecule has 35 heavy (non-hydrogen) atoms. The van der Waals surface area contributed by atoms with Crippen molar-refractivity contribution < 1.29 is 9.72 Å². The molecule has 172 valence electrons. The number of hydrogen-bond donors (Lipinski definition) is 1. The van der Waals surface area contributed by atoms with Crippen LogP contribution in [0.1, 0.15) is 33.1 Å². The Balaban J connectivity index is 1.74. The zero-order valence-corrected chi connectivity index (χ0v) is 19.1. The minimum Gasteiger partial charge on any atom is -0.361 e. The zero-order chi connectivity index (χ0) is 24.4. The Bertz CT molecular complexity index is 1490. The number of aryl methyl sites for hydroxylation is 1. The summed E-state index contributed by atoms with van der Waals surface area (Å²) in [5, 5.41) is 12.3. The lowest BCUT2D eigenvalue weighted by molar-refractivity contribution is -0.384. The maximum absolute atomic E-state index is 14.1. The first-order chi connectivity index (χ1) is 17.0. The second-order valence-corrected chi connectivity index (χ2v) is 8.42. The number of carbonyl (C=O) groups excluding carboxylic acids is 1. The van der Waals surface area contributed by atoms with Crippen LogP contribution in [0.2, 0.25) is 0 Å². The molecule has 5 rings (SSSR count). The van der Waals surface area contributed by atoms with Gasteiger partial charge in [0.25, 0.3) is 11.6 Å². The highest BCUT2D eigenvalue weighted by molar-refractivity contribution is 6.07. The van der Waals surface area contributed by atoms with Gasteiger partial charge in [-0.15, -0.1) is 0 Å². The van der Waals surface area contributed by atoms with Crippen LogP contribution < -0.4 is 4.90 Å². The molecule has 1 unspecified atom stereocenters. The summed E-state index contributed by atoms with van der Waals surface area (Å²) < 4.78 is 0. The number of amides is 1. The van der Waals surface area contributed by atoms with Gasteiger partial charge in [0.15, 0.2) is 0 Å². The number of benzene rings is 4. The summed E-state index contributed by atoms with van der Waals surface area (Å²) in [5.74, 6) is -0.196. The van der Waals surface area contributed by atoms with Gasteiger partial charge in [-0.3, -0.25) is 19.8 Å². The SMILES string of the molecule is Cc1ccc(C(=O)N(c2ccc([N+](=O)[O-])cc2)C(c2ccccc2)c2c[nH]c3ccccc23)cc1. The van der Waals surface area contributed by atoms with Gasteiger partial charge in [-0.05, 0) is 42.8 Å². The van der Waals surface area contributed by atoms with Crippen LogP contribution in [-0.2, 0) is 0 Å². The van der Waals surface area contributed by atoms with Gasteiger partial charge in [0.05, 0.1) is 11.0 Å². The van der Waals surface area contributed by atoms with Crippen LogP contribution in [0.4, 0.5) is 11.4 Å². The number of nitrogens with zero attached hydrogens (tertiary/aromatic N) is 2. The van der Waals surface area contributed by atoms with E-state index in [-0.39, 0.29) is 11.6 Å². The number of hydrogen-bond acceptors (Lipinski definition) is 3. The largest absolute Gasteiger partial charge is 0.361 e. The molecule has 0 fully saturated rings. The van der Waals surface area contributed by atoms with Crippen LogP contribution in [0.5, 0.6) is 0 Å². The predicted molar refractivity (Wildman–Crippen MR) is 138 cm³/mol. The van der Waals surface area contributed by atoms with Crippen LogP contribution in [-0.4, -0.2) is 15.8 Å². The van der Waals surface area contributed by atoms with Gasteiger partial charge in [-0.25, -0.2) is 0 Å². The third-order valence-electron chi connectivity index (χ3n) is 6.15. The number of fused-ring (bicyclic) bond motifs is 1. The van der Waals surface area contributed by atoms with Crippen molar-refractivity contribution in [3.05, 3.63) is 142 Å². The number of nitro groups is 1. The van der Waals surface area contributed by atoms with Crippen molar-refractivity contribution in [2.75, 3.05) is 4.90 Å². The van der Waals surface area contributed by atoms with E-state index in [1.54, 1.807) is 17.0 Å². The van der Waals surface area contributed by atoms with Crippen LogP contribution in [0.15, 0.2) is 109 Å². The van der Waals surface area contributed by atoms with E-state index in [1.165, 1.54) is 12.1 Å². The minimum atomic E-state index is -0.470. The van der Waals surface area contributed by atoms with E-state index in [0.29, 0.717) is 11.3 Å². The van der Waals surface area contributed by atoms with E-state index >= 15 is 0 Å². The van der Waals surface area contributed by atoms with E-state index in [4.69, 9.17) is 0 Å². The van der Waals surface area contributed by atoms with Crippen molar-refractivity contribution >= 4 is 28.2 Å². The van der Waals surface area contributed by atoms with E-state index < -0.39 is 11.0 Å². The molecule has 6 heteroatoms. The Labute approximate surface area is 202 Å². The number of carbonyl (C=O) groups is 1. The fourth-order valence-electron chi connectivity index (χ4n) is 4.38. The predicted octanol–water partition coefficient (Wildman–Crippen LogP) is 6.82. The van der Waals surface area contributed by atoms with Crippen LogP contribution in [0.25, 0.3) is 10.9 Å². The van der Waals surface area contributed by atoms with Crippen molar-refractivity contribution in [1.82, 2.24) is 4.98 Å². The van der Waals surface area contributed by atoms with Gasteiger partial charge in [-0.2, -0.15) is 0 Å². The Kier molecular flexibility index (Phi) is 5.85. The molecular formula is C29H23N3O3. The number of nitro benzene ring substituents is 1. The molecular weight excluding hydrogens is 438 g/mol. The molecule has 1 amide bonds. The number of rotatable bonds is 6. The Morgan fingerprint density at radius 1 is 0.857 bits per heavy atom. The minimum absolute atomic E-state index is 0.0279. The van der Waals surface area contributed by atoms with Crippen molar-refractivity contribution in [3.63, 3.8) is 0 Å². The van der Waals surface area contributed by atoms with Gasteiger partial charge in [0, 0.05) is 46.0 Å². The van der Waals surface area contributed by atoms with Crippen molar-refractivity contribution in [1.29, 1.82) is 0 Å². The number of anilines is 1. The second-order valence-electron chi connectivity index (χ2n) is 8.42. The molecule has 1 aromatic heterocycles. The number of para-hydroxylation sites is 1. The van der Waals surface area contributed by atoms with Gasteiger partial charge >= 0.3 is 0 Å². The van der Waals surface area contributed by atoms with Gasteiger partial charge in [-0.1, -0.05) is 66.2 Å². The molecule has 0 radical (unpaired) electrons. The Morgan fingerprint density at radius 2 is 1.51 bits per heavy atom.